The fourth-order valence-corrected chi connectivity index (χ4v) is 2.05. The lowest BCUT2D eigenvalue weighted by molar-refractivity contribution is -0.162. The smallest absolute Gasteiger partial charge is 0.384 e. The van der Waals surface area contributed by atoms with Gasteiger partial charge in [0.1, 0.15) is 6.10 Å². The summed E-state index contributed by atoms with van der Waals surface area (Å²) in [6, 6.07) is 0. The van der Waals surface area contributed by atoms with Gasteiger partial charge in [0.15, 0.2) is 6.29 Å². The Hall–Kier alpha value is -1.53. The molecule has 1 aliphatic heterocycles. The quantitative estimate of drug-likeness (QED) is 0.336. The van der Waals surface area contributed by atoms with Crippen molar-refractivity contribution in [1.82, 2.24) is 0 Å². The molecule has 1 rings (SSSR count). The molecule has 5 heteroatoms. The SMILES string of the molecule is COC(=O)C#CCCCC(O)C#CCCCOC1CCCCO1. The van der Waals surface area contributed by atoms with Gasteiger partial charge in [-0.2, -0.15) is 0 Å². The van der Waals surface area contributed by atoms with E-state index in [9.17, 15) is 9.90 Å². The number of hydrogen-bond donors (Lipinski definition) is 1. The van der Waals surface area contributed by atoms with Crippen LogP contribution in [0.4, 0.5) is 0 Å². The molecule has 0 aromatic rings. The molecule has 0 bridgehead atoms. The number of methoxy groups -OCH3 is 1. The first-order chi connectivity index (χ1) is 11.2. The Kier molecular flexibility index (Phi) is 11.0. The van der Waals surface area contributed by atoms with Crippen LogP contribution in [0.2, 0.25) is 0 Å². The molecule has 23 heavy (non-hydrogen) atoms. The van der Waals surface area contributed by atoms with Gasteiger partial charge in [0.2, 0.25) is 0 Å². The van der Waals surface area contributed by atoms with Crippen LogP contribution < -0.4 is 0 Å². The maximum absolute atomic E-state index is 10.8. The third-order valence-electron chi connectivity index (χ3n) is 3.31. The third-order valence-corrected chi connectivity index (χ3v) is 3.31. The van der Waals surface area contributed by atoms with Crippen molar-refractivity contribution >= 4 is 5.97 Å². The van der Waals surface area contributed by atoms with Crippen molar-refractivity contribution in [3.05, 3.63) is 0 Å². The van der Waals surface area contributed by atoms with Crippen molar-refractivity contribution in [3.8, 4) is 23.7 Å². The van der Waals surface area contributed by atoms with Gasteiger partial charge in [-0.3, -0.25) is 0 Å². The molecule has 0 aliphatic carbocycles. The molecular formula is C18H26O5. The zero-order valence-corrected chi connectivity index (χ0v) is 13.8. The summed E-state index contributed by atoms with van der Waals surface area (Å²) >= 11 is 0. The van der Waals surface area contributed by atoms with E-state index < -0.39 is 12.1 Å². The average molecular weight is 322 g/mol. The highest BCUT2D eigenvalue weighted by Gasteiger charge is 2.12. The Balaban J connectivity index is 1.99. The summed E-state index contributed by atoms with van der Waals surface area (Å²) in [6.45, 7) is 1.43. The Morgan fingerprint density at radius 3 is 2.87 bits per heavy atom. The minimum absolute atomic E-state index is 0.0478. The maximum Gasteiger partial charge on any atom is 0.384 e. The lowest BCUT2D eigenvalue weighted by Gasteiger charge is -2.22. The second-order valence-electron chi connectivity index (χ2n) is 5.29. The van der Waals surface area contributed by atoms with Crippen LogP contribution in [0.3, 0.4) is 0 Å². The Morgan fingerprint density at radius 1 is 1.30 bits per heavy atom. The first-order valence-electron chi connectivity index (χ1n) is 8.19. The van der Waals surface area contributed by atoms with Crippen LogP contribution in [-0.4, -0.2) is 43.8 Å². The lowest BCUT2D eigenvalue weighted by atomic mass is 10.1. The van der Waals surface area contributed by atoms with Crippen LogP contribution in [0.5, 0.6) is 0 Å². The molecule has 2 atom stereocenters. The highest BCUT2D eigenvalue weighted by molar-refractivity contribution is 5.88. The van der Waals surface area contributed by atoms with Crippen molar-refractivity contribution in [2.45, 2.75) is 63.8 Å². The van der Waals surface area contributed by atoms with E-state index in [0.29, 0.717) is 32.3 Å². The molecule has 0 aromatic heterocycles. The van der Waals surface area contributed by atoms with Gasteiger partial charge in [-0.05, 0) is 38.5 Å². The zero-order chi connectivity index (χ0) is 16.8. The number of rotatable bonds is 7. The van der Waals surface area contributed by atoms with E-state index in [-0.39, 0.29) is 6.29 Å². The minimum atomic E-state index is -0.641. The number of aliphatic hydroxyl groups is 1. The average Bonchev–Trinajstić information content (AvgIpc) is 2.58. The largest absolute Gasteiger partial charge is 0.459 e. The van der Waals surface area contributed by atoms with Crippen LogP contribution in [-0.2, 0) is 19.0 Å². The summed E-state index contributed by atoms with van der Waals surface area (Å²) < 4.78 is 15.5. The Morgan fingerprint density at radius 2 is 2.13 bits per heavy atom. The van der Waals surface area contributed by atoms with Crippen LogP contribution in [0.1, 0.15) is 51.4 Å². The molecule has 1 aliphatic rings. The van der Waals surface area contributed by atoms with E-state index in [1.54, 1.807) is 0 Å². The van der Waals surface area contributed by atoms with Crippen molar-refractivity contribution in [1.29, 1.82) is 0 Å². The van der Waals surface area contributed by atoms with E-state index in [4.69, 9.17) is 9.47 Å². The van der Waals surface area contributed by atoms with Crippen molar-refractivity contribution in [2.24, 2.45) is 0 Å². The molecule has 1 N–H and O–H groups in total. The van der Waals surface area contributed by atoms with Crippen LogP contribution in [0.15, 0.2) is 0 Å². The molecule has 2 unspecified atom stereocenters. The van der Waals surface area contributed by atoms with E-state index >= 15 is 0 Å². The standard InChI is InChI=1S/C18H26O5/c1-21-17(20)12-6-2-4-10-16(19)11-5-3-8-14-22-18-13-7-9-15-23-18/h16,18-19H,2-4,7-10,13-15H2,1H3. The first-order valence-corrected chi connectivity index (χ1v) is 8.19. The molecule has 0 saturated carbocycles. The van der Waals surface area contributed by atoms with Crippen molar-refractivity contribution < 1.29 is 24.1 Å². The molecule has 0 amide bonds. The summed E-state index contributed by atoms with van der Waals surface area (Å²) in [5.41, 5.74) is 0. The predicted octanol–water partition coefficient (Wildman–Crippen LogP) is 2.02. The van der Waals surface area contributed by atoms with Gasteiger partial charge in [0, 0.05) is 25.4 Å². The molecule has 0 spiro atoms. The summed E-state index contributed by atoms with van der Waals surface area (Å²) in [6.07, 6.45) is 5.91. The molecule has 1 heterocycles. The maximum atomic E-state index is 10.8. The molecule has 128 valence electrons. The van der Waals surface area contributed by atoms with E-state index in [2.05, 4.69) is 28.4 Å². The third kappa shape index (κ3) is 10.8. The second-order valence-corrected chi connectivity index (χ2v) is 5.29. The Bertz CT molecular complexity index is 446. The van der Waals surface area contributed by atoms with Gasteiger partial charge < -0.3 is 19.3 Å². The summed E-state index contributed by atoms with van der Waals surface area (Å²) in [5.74, 6) is 10.3. The summed E-state index contributed by atoms with van der Waals surface area (Å²) in [7, 11) is 1.30. The number of unbranched alkanes of at least 4 members (excludes halogenated alkanes) is 2. The monoisotopic (exact) mass is 322 g/mol. The van der Waals surface area contributed by atoms with Crippen LogP contribution in [0.25, 0.3) is 0 Å². The van der Waals surface area contributed by atoms with Gasteiger partial charge in [-0.25, -0.2) is 4.79 Å². The van der Waals surface area contributed by atoms with Crippen molar-refractivity contribution in [3.63, 3.8) is 0 Å². The summed E-state index contributed by atoms with van der Waals surface area (Å²) in [4.78, 5) is 10.8. The van der Waals surface area contributed by atoms with Gasteiger partial charge in [0.05, 0.1) is 13.7 Å². The minimum Gasteiger partial charge on any atom is -0.459 e. The normalized spacial score (nSPS) is 18.1. The number of hydrogen-bond acceptors (Lipinski definition) is 5. The molecule has 1 saturated heterocycles. The highest BCUT2D eigenvalue weighted by Crippen LogP contribution is 2.13. The number of esters is 1. The lowest BCUT2D eigenvalue weighted by Crippen LogP contribution is -2.22. The molecular weight excluding hydrogens is 296 g/mol. The first kappa shape index (κ1) is 19.5. The summed E-state index contributed by atoms with van der Waals surface area (Å²) in [5, 5.41) is 9.70. The zero-order valence-electron chi connectivity index (χ0n) is 13.8. The van der Waals surface area contributed by atoms with Crippen LogP contribution in [0, 0.1) is 23.7 Å². The van der Waals surface area contributed by atoms with E-state index in [1.807, 2.05) is 0 Å². The number of carbonyl (C=O) groups excluding carboxylic acids is 1. The topological polar surface area (TPSA) is 65.0 Å². The van der Waals surface area contributed by atoms with Crippen molar-refractivity contribution in [2.75, 3.05) is 20.3 Å². The van der Waals surface area contributed by atoms with E-state index in [1.165, 1.54) is 13.5 Å². The Labute approximate surface area is 138 Å². The number of carbonyl (C=O) groups is 1. The van der Waals surface area contributed by atoms with Gasteiger partial charge in [0.25, 0.3) is 0 Å². The van der Waals surface area contributed by atoms with Crippen LogP contribution >= 0.6 is 0 Å². The fraction of sp³-hybridized carbons (Fsp3) is 0.722. The molecule has 5 nitrogen and oxygen atoms in total. The molecule has 0 radical (unpaired) electrons. The fourth-order valence-electron chi connectivity index (χ4n) is 2.05. The molecule has 0 aromatic carbocycles. The molecule has 1 fully saturated rings. The van der Waals surface area contributed by atoms with E-state index in [0.717, 1.165) is 25.9 Å². The van der Waals surface area contributed by atoms with Gasteiger partial charge in [-0.1, -0.05) is 11.8 Å². The predicted molar refractivity (Wildman–Crippen MR) is 86.2 cm³/mol. The second kappa shape index (κ2) is 13.0. The number of ether oxygens (including phenoxy) is 3. The number of aliphatic hydroxyl groups excluding tert-OH is 1. The van der Waals surface area contributed by atoms with Gasteiger partial charge >= 0.3 is 5.97 Å². The van der Waals surface area contributed by atoms with Gasteiger partial charge in [-0.15, -0.1) is 5.92 Å². The highest BCUT2D eigenvalue weighted by atomic mass is 16.7.